The van der Waals surface area contributed by atoms with Gasteiger partial charge in [0, 0.05) is 4.90 Å². The molecule has 0 radical (unpaired) electrons. The van der Waals surface area contributed by atoms with Gasteiger partial charge in [-0.3, -0.25) is 4.79 Å². The van der Waals surface area contributed by atoms with Gasteiger partial charge < -0.3 is 11.1 Å². The van der Waals surface area contributed by atoms with Gasteiger partial charge in [0.25, 0.3) is 0 Å². The van der Waals surface area contributed by atoms with E-state index in [0.29, 0.717) is 11.4 Å². The summed E-state index contributed by atoms with van der Waals surface area (Å²) >= 11 is 1.55. The van der Waals surface area contributed by atoms with Crippen LogP contribution in [0.2, 0.25) is 0 Å². The predicted molar refractivity (Wildman–Crippen MR) is 86.0 cm³/mol. The van der Waals surface area contributed by atoms with E-state index in [1.165, 1.54) is 5.56 Å². The quantitative estimate of drug-likeness (QED) is 0.665. The van der Waals surface area contributed by atoms with Gasteiger partial charge in [-0.15, -0.1) is 11.8 Å². The van der Waals surface area contributed by atoms with Crippen molar-refractivity contribution in [1.82, 2.24) is 0 Å². The fourth-order valence-corrected chi connectivity index (χ4v) is 2.74. The Labute approximate surface area is 123 Å². The minimum absolute atomic E-state index is 0.0452. The molecule has 1 unspecified atom stereocenters. The van der Waals surface area contributed by atoms with Crippen LogP contribution in [0.5, 0.6) is 0 Å². The number of anilines is 2. The molecule has 0 heterocycles. The summed E-state index contributed by atoms with van der Waals surface area (Å²) in [5, 5.41) is 2.68. The predicted octanol–water partition coefficient (Wildman–Crippen LogP) is 3.70. The van der Waals surface area contributed by atoms with E-state index in [-0.39, 0.29) is 11.2 Å². The summed E-state index contributed by atoms with van der Waals surface area (Å²) in [6, 6.07) is 15.3. The average molecular weight is 286 g/mol. The molecule has 0 spiro atoms. The molecule has 1 amide bonds. The molecule has 0 saturated carbocycles. The molecule has 104 valence electrons. The first kappa shape index (κ1) is 14.5. The van der Waals surface area contributed by atoms with Gasteiger partial charge in [-0.25, -0.2) is 0 Å². The van der Waals surface area contributed by atoms with Crippen LogP contribution in [-0.4, -0.2) is 11.2 Å². The lowest BCUT2D eigenvalue weighted by Crippen LogP contribution is -2.23. The molecule has 20 heavy (non-hydrogen) atoms. The zero-order valence-electron chi connectivity index (χ0n) is 11.6. The summed E-state index contributed by atoms with van der Waals surface area (Å²) in [5.41, 5.74) is 8.24. The van der Waals surface area contributed by atoms with Crippen LogP contribution in [0.15, 0.2) is 53.4 Å². The Bertz CT molecular complexity index is 613. The van der Waals surface area contributed by atoms with Crippen LogP contribution in [0.3, 0.4) is 0 Å². The Morgan fingerprint density at radius 3 is 2.50 bits per heavy atom. The molecule has 3 nitrogen and oxygen atoms in total. The topological polar surface area (TPSA) is 55.1 Å². The zero-order valence-corrected chi connectivity index (χ0v) is 12.4. The monoisotopic (exact) mass is 286 g/mol. The van der Waals surface area contributed by atoms with E-state index in [1.54, 1.807) is 23.9 Å². The number of thioether (sulfide) groups is 1. The molecular formula is C16H18N2OS. The molecule has 0 bridgehead atoms. The summed E-state index contributed by atoms with van der Waals surface area (Å²) in [6.07, 6.45) is 0. The van der Waals surface area contributed by atoms with Crippen molar-refractivity contribution in [2.75, 3.05) is 11.1 Å². The van der Waals surface area contributed by atoms with Crippen LogP contribution in [-0.2, 0) is 4.79 Å². The Morgan fingerprint density at radius 1 is 1.15 bits per heavy atom. The summed E-state index contributed by atoms with van der Waals surface area (Å²) in [7, 11) is 0. The molecule has 0 aromatic heterocycles. The third-order valence-corrected chi connectivity index (χ3v) is 4.26. The van der Waals surface area contributed by atoms with E-state index in [0.717, 1.165) is 4.90 Å². The molecule has 0 saturated heterocycles. The average Bonchev–Trinajstić information content (AvgIpc) is 2.43. The van der Waals surface area contributed by atoms with Crippen LogP contribution < -0.4 is 11.1 Å². The number of rotatable bonds is 4. The molecule has 3 N–H and O–H groups in total. The van der Waals surface area contributed by atoms with E-state index >= 15 is 0 Å². The first-order valence-corrected chi connectivity index (χ1v) is 7.33. The number of nitrogen functional groups attached to an aromatic ring is 1. The second-order valence-corrected chi connectivity index (χ2v) is 5.98. The Morgan fingerprint density at radius 2 is 1.80 bits per heavy atom. The minimum Gasteiger partial charge on any atom is -0.397 e. The molecule has 1 atom stereocenters. The van der Waals surface area contributed by atoms with Gasteiger partial charge in [-0.1, -0.05) is 30.3 Å². The Kier molecular flexibility index (Phi) is 4.69. The lowest BCUT2D eigenvalue weighted by atomic mass is 10.2. The molecule has 4 heteroatoms. The second-order valence-electron chi connectivity index (χ2n) is 4.60. The van der Waals surface area contributed by atoms with Crippen molar-refractivity contribution in [2.24, 2.45) is 0 Å². The molecular weight excluding hydrogens is 268 g/mol. The van der Waals surface area contributed by atoms with Gasteiger partial charge >= 0.3 is 0 Å². The second kappa shape index (κ2) is 6.48. The number of hydrogen-bond acceptors (Lipinski definition) is 3. The maximum atomic E-state index is 12.2. The fraction of sp³-hybridized carbons (Fsp3) is 0.188. The van der Waals surface area contributed by atoms with E-state index in [9.17, 15) is 4.79 Å². The largest absolute Gasteiger partial charge is 0.397 e. The first-order chi connectivity index (χ1) is 9.58. The highest BCUT2D eigenvalue weighted by Crippen LogP contribution is 2.27. The highest BCUT2D eigenvalue weighted by molar-refractivity contribution is 8.00. The van der Waals surface area contributed by atoms with Crippen LogP contribution in [0, 0.1) is 6.92 Å². The molecule has 2 aromatic rings. The van der Waals surface area contributed by atoms with Crippen LogP contribution in [0.25, 0.3) is 0 Å². The van der Waals surface area contributed by atoms with E-state index < -0.39 is 0 Å². The SMILES string of the molecule is Cc1ccccc1SC(C)C(=O)Nc1ccccc1N. The van der Waals surface area contributed by atoms with Gasteiger partial charge in [0.15, 0.2) is 0 Å². The van der Waals surface area contributed by atoms with Crippen LogP contribution in [0.1, 0.15) is 12.5 Å². The third kappa shape index (κ3) is 3.54. The standard InChI is InChI=1S/C16H18N2OS/c1-11-7-3-6-10-15(11)20-12(2)16(19)18-14-9-5-4-8-13(14)17/h3-10,12H,17H2,1-2H3,(H,18,19). The number of benzene rings is 2. The highest BCUT2D eigenvalue weighted by atomic mass is 32.2. The van der Waals surface area contributed by atoms with Crippen molar-refractivity contribution in [1.29, 1.82) is 0 Å². The van der Waals surface area contributed by atoms with Gasteiger partial charge in [0.05, 0.1) is 16.6 Å². The molecule has 0 fully saturated rings. The number of nitrogens with two attached hydrogens (primary N) is 1. The number of hydrogen-bond donors (Lipinski definition) is 2. The van der Waals surface area contributed by atoms with Crippen molar-refractivity contribution in [2.45, 2.75) is 24.0 Å². The number of carbonyl (C=O) groups is 1. The van der Waals surface area contributed by atoms with E-state index in [4.69, 9.17) is 5.73 Å². The number of para-hydroxylation sites is 2. The smallest absolute Gasteiger partial charge is 0.237 e. The zero-order chi connectivity index (χ0) is 14.5. The van der Waals surface area contributed by atoms with Crippen molar-refractivity contribution < 1.29 is 4.79 Å². The number of aryl methyl sites for hydroxylation is 1. The van der Waals surface area contributed by atoms with E-state index in [1.807, 2.05) is 50.2 Å². The Balaban J connectivity index is 2.03. The summed E-state index contributed by atoms with van der Waals surface area (Å²) in [6.45, 7) is 3.94. The van der Waals surface area contributed by atoms with Crippen LogP contribution in [0.4, 0.5) is 11.4 Å². The lowest BCUT2D eigenvalue weighted by molar-refractivity contribution is -0.115. The third-order valence-electron chi connectivity index (χ3n) is 2.99. The molecule has 2 aromatic carbocycles. The number of nitrogens with one attached hydrogen (secondary N) is 1. The maximum absolute atomic E-state index is 12.2. The maximum Gasteiger partial charge on any atom is 0.237 e. The lowest BCUT2D eigenvalue weighted by Gasteiger charge is -2.14. The fourth-order valence-electron chi connectivity index (χ4n) is 1.78. The highest BCUT2D eigenvalue weighted by Gasteiger charge is 2.16. The Hall–Kier alpha value is -1.94. The normalized spacial score (nSPS) is 11.9. The molecule has 0 aliphatic rings. The molecule has 0 aliphatic heterocycles. The van der Waals surface area contributed by atoms with Crippen molar-refractivity contribution in [3.8, 4) is 0 Å². The summed E-state index contributed by atoms with van der Waals surface area (Å²) in [5.74, 6) is -0.0452. The minimum atomic E-state index is -0.185. The van der Waals surface area contributed by atoms with Gasteiger partial charge in [-0.2, -0.15) is 0 Å². The molecule has 2 rings (SSSR count). The van der Waals surface area contributed by atoms with Gasteiger partial charge in [0.1, 0.15) is 0 Å². The number of amides is 1. The van der Waals surface area contributed by atoms with Crippen molar-refractivity contribution in [3.63, 3.8) is 0 Å². The first-order valence-electron chi connectivity index (χ1n) is 6.45. The van der Waals surface area contributed by atoms with Crippen molar-refractivity contribution in [3.05, 3.63) is 54.1 Å². The summed E-state index contributed by atoms with van der Waals surface area (Å²) < 4.78 is 0. The van der Waals surface area contributed by atoms with E-state index in [2.05, 4.69) is 5.32 Å². The molecule has 0 aliphatic carbocycles. The summed E-state index contributed by atoms with van der Waals surface area (Å²) in [4.78, 5) is 13.3. The van der Waals surface area contributed by atoms with Crippen LogP contribution >= 0.6 is 11.8 Å². The van der Waals surface area contributed by atoms with Crippen molar-refractivity contribution >= 4 is 29.0 Å². The van der Waals surface area contributed by atoms with Gasteiger partial charge in [-0.05, 0) is 37.6 Å². The van der Waals surface area contributed by atoms with Gasteiger partial charge in [0.2, 0.25) is 5.91 Å². The number of carbonyl (C=O) groups excluding carboxylic acids is 1.